The average Bonchev–Trinajstić information content (AvgIpc) is 1.60. The molecule has 1 fully saturated rings. The van der Waals surface area contributed by atoms with Gasteiger partial charge in [0.15, 0.2) is 0 Å². The predicted molar refractivity (Wildman–Crippen MR) is 387 cm³/mol. The summed E-state index contributed by atoms with van der Waals surface area (Å²) in [5.41, 5.74) is 14.0. The number of halogens is 3. The molecular formula is C66H76B7BrCl2O4Si3-. The van der Waals surface area contributed by atoms with Gasteiger partial charge in [0.25, 0.3) is 0 Å². The van der Waals surface area contributed by atoms with Gasteiger partial charge in [0.2, 0.25) is 0 Å². The average molecular weight is 1250 g/mol. The van der Waals surface area contributed by atoms with Gasteiger partial charge in [-0.3, -0.25) is 0 Å². The fourth-order valence-corrected chi connectivity index (χ4v) is 22.6. The van der Waals surface area contributed by atoms with E-state index in [1.807, 2.05) is 18.2 Å². The van der Waals surface area contributed by atoms with Crippen LogP contribution in [0.15, 0.2) is 205 Å². The van der Waals surface area contributed by atoms with Crippen molar-refractivity contribution < 1.29 is 34.1 Å². The molecule has 4 heterocycles. The van der Waals surface area contributed by atoms with Gasteiger partial charge < -0.3 is 20.8 Å². The van der Waals surface area contributed by atoms with E-state index in [9.17, 15) is 0 Å². The van der Waals surface area contributed by atoms with E-state index in [-0.39, 0.29) is 21.2 Å². The Bertz CT molecular complexity index is 3780. The van der Waals surface area contributed by atoms with Crippen molar-refractivity contribution in [3.8, 4) is 55.6 Å². The van der Waals surface area contributed by atoms with Crippen LogP contribution in [0.3, 0.4) is 0 Å². The van der Waals surface area contributed by atoms with Crippen LogP contribution in [0.2, 0.25) is 49.3 Å². The molecule has 2 N–H and O–H groups in total. The second-order valence-corrected chi connectivity index (χ2v) is 38.6. The molecule has 1 saturated heterocycles. The number of fused-ring (bicyclic) bond motifs is 9. The third-order valence-corrected chi connectivity index (χ3v) is 28.9. The highest BCUT2D eigenvalue weighted by Gasteiger charge is 2.54. The van der Waals surface area contributed by atoms with E-state index in [4.69, 9.17) is 77.6 Å². The summed E-state index contributed by atoms with van der Waals surface area (Å²) in [6.07, 6.45) is -0.463. The minimum absolute atomic E-state index is 0. The van der Waals surface area contributed by atoms with Crippen molar-refractivity contribution in [2.75, 3.05) is 0 Å². The maximum absolute atomic E-state index is 8.58. The maximum atomic E-state index is 8.58. The Morgan fingerprint density at radius 1 is 0.482 bits per heavy atom. The lowest BCUT2D eigenvalue weighted by Crippen LogP contribution is -2.50. The van der Waals surface area contributed by atoms with Crippen LogP contribution in [-0.2, 0) is 9.31 Å². The lowest BCUT2D eigenvalue weighted by molar-refractivity contribution is 0.00578. The van der Waals surface area contributed by atoms with Crippen molar-refractivity contribution in [2.24, 2.45) is 0 Å². The van der Waals surface area contributed by atoms with Gasteiger partial charge in [-0.2, -0.15) is 0 Å². The van der Waals surface area contributed by atoms with E-state index in [2.05, 4.69) is 241 Å². The van der Waals surface area contributed by atoms with Gasteiger partial charge in [-0.1, -0.05) is 260 Å². The zero-order chi connectivity index (χ0) is 67.8. The van der Waals surface area contributed by atoms with E-state index in [1.54, 1.807) is 24.3 Å². The topological polar surface area (TPSA) is 58.9 Å². The third kappa shape index (κ3) is 12.2. The van der Waals surface area contributed by atoms with Gasteiger partial charge in [0.05, 0.1) is 11.2 Å². The first-order chi connectivity index (χ1) is 43.3. The first kappa shape index (κ1) is 57.1. The minimum atomic E-state index is -1.81. The first-order valence-corrected chi connectivity index (χ1v) is 38.6. The molecule has 4 nitrogen and oxygen atoms in total. The Balaban J connectivity index is 0.000000318. The molecule has 7 radical (unpaired) electrons. The van der Waals surface area contributed by atoms with Crippen LogP contribution < -0.4 is 42.0 Å². The summed E-state index contributed by atoms with van der Waals surface area (Å²) in [7, 11) is 9.07. The summed E-state index contributed by atoms with van der Waals surface area (Å²) in [5.74, 6) is 0. The lowest BCUT2D eigenvalue weighted by atomic mass is 8.97. The molecule has 0 unspecified atom stereocenters. The normalized spacial score (nSPS) is 16.1. The molecule has 9 aromatic rings. The molecule has 17 heteroatoms. The van der Waals surface area contributed by atoms with Crippen LogP contribution in [0, 0.1) is 0 Å². The monoisotopic (exact) mass is 1250 g/mol. The van der Waals surface area contributed by atoms with E-state index >= 15 is 0 Å². The molecule has 0 saturated carbocycles. The van der Waals surface area contributed by atoms with Gasteiger partial charge in [-0.15, -0.1) is 0 Å². The third-order valence-electron chi connectivity index (χ3n) is 17.1. The quantitative estimate of drug-likeness (QED) is 0.169. The molecule has 13 rings (SSSR count). The Morgan fingerprint density at radius 3 is 1.20 bits per heavy atom. The number of benzene rings is 9. The van der Waals surface area contributed by atoms with Crippen molar-refractivity contribution in [1.29, 1.82) is 0 Å². The fourth-order valence-electron chi connectivity index (χ4n) is 11.9. The van der Waals surface area contributed by atoms with E-state index in [0.717, 1.165) is 20.0 Å². The zero-order valence-electron chi connectivity index (χ0n) is 57.9. The number of rotatable bonds is 5. The van der Waals surface area contributed by atoms with E-state index in [1.165, 1.54) is 93.8 Å². The Kier molecular flexibility index (Phi) is 17.3. The minimum Gasteiger partial charge on any atom is -1.00 e. The van der Waals surface area contributed by atoms with Gasteiger partial charge in [-0.05, 0) is 132 Å². The fraction of sp³-hybridized carbons (Fsp3) is 0.182. The van der Waals surface area contributed by atoms with Crippen LogP contribution in [0.1, 0.15) is 42.4 Å². The Morgan fingerprint density at radius 2 is 0.807 bits per heavy atom. The summed E-state index contributed by atoms with van der Waals surface area (Å²) >= 11 is 16.7. The Hall–Kier alpha value is -5.01. The molecule has 0 aromatic heterocycles. The van der Waals surface area contributed by atoms with Crippen LogP contribution in [0.5, 0.6) is 0 Å². The second-order valence-electron chi connectivity index (χ2n) is 24.0. The summed E-state index contributed by atoms with van der Waals surface area (Å²) in [6.45, 7) is 23.0. The summed E-state index contributed by atoms with van der Waals surface area (Å²) in [4.78, 5) is 0. The van der Waals surface area contributed by atoms with Gasteiger partial charge in [0, 0.05) is 75.6 Å². The van der Waals surface area contributed by atoms with Crippen LogP contribution in [0.4, 0.5) is 0 Å². The van der Waals surface area contributed by atoms with Crippen molar-refractivity contribution in [3.05, 3.63) is 215 Å². The molecule has 0 atom stereocenters. The lowest BCUT2D eigenvalue weighted by Gasteiger charge is -2.32. The highest BCUT2D eigenvalue weighted by molar-refractivity contribution is 9.10. The molecule has 4 aliphatic heterocycles. The van der Waals surface area contributed by atoms with Crippen LogP contribution >= 0.6 is 39.1 Å². The molecule has 0 aliphatic carbocycles. The number of hydrogen-bond donors (Lipinski definition) is 2. The van der Waals surface area contributed by atoms with Gasteiger partial charge >= 0.3 is 14.2 Å². The standard InChI is InChI=1S/C26H29BO2Si.C20H17ClSi.C14H12BrClSi.C6H7BO2.B5.5H2.H/c1-25(2)26(3,4)29-27(28-25)20-15-11-17-22-24(20)23-19(18-12-8-7-9-13-18)14-10-16-21(23)30(22,5)6;1-22(2)17-12-6-10-15(14-8-4-3-5-9-14)19(17)20-16(21)11-7-13-18(20)22;1-17(2)11-7-3-5-9(15)13(11)14-10(16)6-4-8-12(14)17;8-7(9)6-4-2-1-3-5-6;1-4-5(2)3;;;;;;/h7-17H,1-6H3;3-13H,1-2H3;3-8H,1-2H3;1-5,8-9H;;5*1H;/q;;;;;;;;;;-1/i;;;;;4*1+1D;2*1+1. The number of hydrogen-bond acceptors (Lipinski definition) is 4. The molecule has 0 spiro atoms. The van der Waals surface area contributed by atoms with Crippen molar-refractivity contribution >= 4 is 156 Å². The van der Waals surface area contributed by atoms with Crippen LogP contribution in [-0.4, -0.2) is 96.4 Å². The zero-order valence-corrected chi connectivity index (χ0v) is 55.0. The summed E-state index contributed by atoms with van der Waals surface area (Å²) in [6, 6.07) is 69.4. The van der Waals surface area contributed by atoms with Crippen molar-refractivity contribution in [2.45, 2.75) is 78.2 Å². The first-order valence-electron chi connectivity index (χ1n) is 32.1. The van der Waals surface area contributed by atoms with Crippen molar-refractivity contribution in [1.82, 2.24) is 0 Å². The van der Waals surface area contributed by atoms with Crippen LogP contribution in [0.25, 0.3) is 55.6 Å². The predicted octanol–water partition coefficient (Wildman–Crippen LogP) is 12.0. The maximum Gasteiger partial charge on any atom is 0.495 e. The smallest absolute Gasteiger partial charge is 0.495 e. The highest BCUT2D eigenvalue weighted by Crippen LogP contribution is 2.43. The van der Waals surface area contributed by atoms with Gasteiger partial charge in [-0.25, -0.2) is 0 Å². The highest BCUT2D eigenvalue weighted by atomic mass is 79.9. The summed E-state index contributed by atoms with van der Waals surface area (Å²) in [5, 5.41) is 27.8. The largest absolute Gasteiger partial charge is 1.00 e. The summed E-state index contributed by atoms with van der Waals surface area (Å²) < 4.78 is 54.1. The van der Waals surface area contributed by atoms with Gasteiger partial charge in [0.1, 0.15) is 24.2 Å². The molecular weight excluding hydrogens is 1170 g/mol. The molecule has 0 amide bonds. The Labute approximate surface area is 535 Å². The SMILES string of the molecule is CC1(C)OB(c2cccc3c2-c2c(-c4ccccc4)cccc2[Si]3(C)C)OC1(C)C.C[Si]1(C)c2cccc(Cl)c2-c2c(-c3ccccc3)cccc21.C[Si]1(C)c2cccc(Cl)c2-c2c(Br)cccc21.OB(O)c1ccccc1.[2H-].[2HH].[2H][2H].[2H][2H].[2H][2H].[2H][2H].[B][B]B([B])[B]. The van der Waals surface area contributed by atoms with Crippen molar-refractivity contribution in [3.63, 3.8) is 0 Å². The molecule has 4 aliphatic rings. The molecule has 419 valence electrons. The second kappa shape index (κ2) is 25.1. The van der Waals surface area contributed by atoms with E-state index in [0.29, 0.717) is 5.46 Å². The molecule has 83 heavy (non-hydrogen) atoms. The molecule has 0 bridgehead atoms. The molecule has 9 aromatic carbocycles. The van der Waals surface area contributed by atoms with E-state index < -0.39 is 37.7 Å².